The summed E-state index contributed by atoms with van der Waals surface area (Å²) < 4.78 is 12.2. The molecular weight excluding hydrogens is 416 g/mol. The predicted molar refractivity (Wildman–Crippen MR) is 91.5 cm³/mol. The van der Waals surface area contributed by atoms with Gasteiger partial charge in [0.2, 0.25) is 0 Å². The van der Waals surface area contributed by atoms with Crippen LogP contribution in [0.1, 0.15) is 0 Å². The highest BCUT2D eigenvalue weighted by Crippen LogP contribution is 2.35. The van der Waals surface area contributed by atoms with Crippen molar-refractivity contribution in [2.45, 2.75) is 0 Å². The van der Waals surface area contributed by atoms with Gasteiger partial charge in [0, 0.05) is 11.6 Å². The Balaban J connectivity index is 2.29. The zero-order chi connectivity index (χ0) is 15.9. The van der Waals surface area contributed by atoms with Crippen molar-refractivity contribution >= 4 is 42.8 Å². The van der Waals surface area contributed by atoms with E-state index in [9.17, 15) is 9.90 Å². The number of rotatable bonds is 2. The number of ether oxygens (including phenoxy) is 1. The molecule has 22 heavy (non-hydrogen) atoms. The second-order valence-electron chi connectivity index (χ2n) is 4.60. The first kappa shape index (κ1) is 15.1. The zero-order valence-corrected chi connectivity index (χ0v) is 14.6. The molecule has 0 spiro atoms. The van der Waals surface area contributed by atoms with E-state index in [-0.39, 0.29) is 11.2 Å². The number of phenolic OH excluding ortho intramolecular Hbond substituents is 1. The minimum absolute atomic E-state index is 0.120. The maximum Gasteiger partial charge on any atom is 0.193 e. The maximum atomic E-state index is 12.3. The average molecular weight is 426 g/mol. The number of halogens is 2. The van der Waals surface area contributed by atoms with E-state index in [0.717, 1.165) is 0 Å². The summed E-state index contributed by atoms with van der Waals surface area (Å²) in [5.41, 5.74) is 0.952. The normalized spacial score (nSPS) is 10.9. The molecule has 0 saturated heterocycles. The van der Waals surface area contributed by atoms with E-state index in [4.69, 9.17) is 9.15 Å². The minimum atomic E-state index is -0.149. The van der Waals surface area contributed by atoms with Gasteiger partial charge in [-0.05, 0) is 62.2 Å². The highest BCUT2D eigenvalue weighted by Gasteiger charge is 2.13. The summed E-state index contributed by atoms with van der Waals surface area (Å²) in [5.74, 6) is 1.11. The molecule has 0 aliphatic carbocycles. The maximum absolute atomic E-state index is 12.3. The van der Waals surface area contributed by atoms with Crippen LogP contribution in [0.15, 0.2) is 54.6 Å². The van der Waals surface area contributed by atoms with Crippen LogP contribution < -0.4 is 10.2 Å². The van der Waals surface area contributed by atoms with Crippen molar-refractivity contribution in [1.29, 1.82) is 0 Å². The molecule has 1 N–H and O–H groups in total. The number of benzene rings is 2. The van der Waals surface area contributed by atoms with E-state index in [2.05, 4.69) is 31.9 Å². The summed E-state index contributed by atoms with van der Waals surface area (Å²) in [4.78, 5) is 12.3. The molecule has 0 amide bonds. The van der Waals surface area contributed by atoms with Crippen molar-refractivity contribution in [3.05, 3.63) is 55.6 Å². The summed E-state index contributed by atoms with van der Waals surface area (Å²) >= 11 is 6.65. The van der Waals surface area contributed by atoms with Crippen molar-refractivity contribution in [2.75, 3.05) is 7.11 Å². The number of hydrogen-bond donors (Lipinski definition) is 1. The predicted octanol–water partition coefficient (Wildman–Crippen LogP) is 4.70. The molecule has 0 fully saturated rings. The van der Waals surface area contributed by atoms with Gasteiger partial charge in [0.25, 0.3) is 0 Å². The first-order chi connectivity index (χ1) is 10.5. The third kappa shape index (κ3) is 2.53. The fourth-order valence-electron chi connectivity index (χ4n) is 2.13. The van der Waals surface area contributed by atoms with E-state index in [1.54, 1.807) is 31.4 Å². The summed E-state index contributed by atoms with van der Waals surface area (Å²) in [7, 11) is 1.55. The largest absolute Gasteiger partial charge is 0.507 e. The highest BCUT2D eigenvalue weighted by molar-refractivity contribution is 9.11. The molecule has 3 aromatic rings. The molecule has 0 radical (unpaired) electrons. The quantitative estimate of drug-likeness (QED) is 0.646. The molecule has 0 aliphatic rings. The summed E-state index contributed by atoms with van der Waals surface area (Å²) in [6.07, 6.45) is 0. The van der Waals surface area contributed by atoms with Crippen LogP contribution in [0.2, 0.25) is 0 Å². The molecule has 3 rings (SSSR count). The van der Waals surface area contributed by atoms with Crippen LogP contribution in [0.3, 0.4) is 0 Å². The topological polar surface area (TPSA) is 59.7 Å². The number of methoxy groups -OCH3 is 1. The molecule has 1 heterocycles. The van der Waals surface area contributed by atoms with Crippen LogP contribution in [-0.2, 0) is 0 Å². The smallest absolute Gasteiger partial charge is 0.193 e. The van der Waals surface area contributed by atoms with Crippen LogP contribution in [-0.4, -0.2) is 12.2 Å². The molecule has 4 nitrogen and oxygen atoms in total. The van der Waals surface area contributed by atoms with Crippen molar-refractivity contribution in [3.8, 4) is 22.8 Å². The molecule has 0 aliphatic heterocycles. The third-order valence-corrected chi connectivity index (χ3v) is 4.64. The Bertz CT molecular complexity index is 931. The Kier molecular flexibility index (Phi) is 3.97. The fourth-order valence-corrected chi connectivity index (χ4v) is 3.10. The Morgan fingerprint density at radius 3 is 2.59 bits per heavy atom. The van der Waals surface area contributed by atoms with Crippen molar-refractivity contribution in [3.63, 3.8) is 0 Å². The summed E-state index contributed by atoms with van der Waals surface area (Å²) in [6.45, 7) is 0. The number of hydrogen-bond acceptors (Lipinski definition) is 4. The number of phenols is 1. The Morgan fingerprint density at radius 2 is 1.91 bits per heavy atom. The Hall–Kier alpha value is -1.79. The fraction of sp³-hybridized carbons (Fsp3) is 0.0625. The number of aromatic hydroxyl groups is 1. The third-order valence-electron chi connectivity index (χ3n) is 3.25. The van der Waals surface area contributed by atoms with Crippen LogP contribution >= 0.6 is 31.9 Å². The van der Waals surface area contributed by atoms with Crippen LogP contribution in [0, 0.1) is 0 Å². The molecule has 1 aromatic heterocycles. The van der Waals surface area contributed by atoms with Gasteiger partial charge in [0.05, 0.1) is 17.0 Å². The molecule has 0 atom stereocenters. The lowest BCUT2D eigenvalue weighted by atomic mass is 10.1. The van der Waals surface area contributed by atoms with Gasteiger partial charge >= 0.3 is 0 Å². The van der Waals surface area contributed by atoms with Gasteiger partial charge in [-0.3, -0.25) is 4.79 Å². The monoisotopic (exact) mass is 424 g/mol. The average Bonchev–Trinajstić information content (AvgIpc) is 2.51. The summed E-state index contributed by atoms with van der Waals surface area (Å²) in [6, 6.07) is 9.71. The van der Waals surface area contributed by atoms with Crippen LogP contribution in [0.25, 0.3) is 22.3 Å². The minimum Gasteiger partial charge on any atom is -0.507 e. The SMILES string of the molecule is COc1ccc2c(=O)cc(-c3ccc(O)c(Br)c3)oc2c1Br. The second-order valence-corrected chi connectivity index (χ2v) is 6.25. The van der Waals surface area contributed by atoms with Gasteiger partial charge < -0.3 is 14.3 Å². The lowest BCUT2D eigenvalue weighted by Gasteiger charge is -2.08. The second kappa shape index (κ2) is 5.78. The van der Waals surface area contributed by atoms with Crippen molar-refractivity contribution < 1.29 is 14.3 Å². The highest BCUT2D eigenvalue weighted by atomic mass is 79.9. The van der Waals surface area contributed by atoms with Gasteiger partial charge in [-0.25, -0.2) is 0 Å². The molecular formula is C16H10Br2O4. The molecule has 2 aromatic carbocycles. The van der Waals surface area contributed by atoms with Gasteiger partial charge in [0.1, 0.15) is 21.7 Å². The first-order valence-electron chi connectivity index (χ1n) is 6.30. The van der Waals surface area contributed by atoms with E-state index < -0.39 is 0 Å². The van der Waals surface area contributed by atoms with E-state index >= 15 is 0 Å². The molecule has 112 valence electrons. The first-order valence-corrected chi connectivity index (χ1v) is 7.89. The van der Waals surface area contributed by atoms with Crippen LogP contribution in [0.4, 0.5) is 0 Å². The molecule has 0 unspecified atom stereocenters. The Labute approximate surface area is 142 Å². The lowest BCUT2D eigenvalue weighted by molar-refractivity contribution is 0.411. The molecule has 0 bridgehead atoms. The van der Waals surface area contributed by atoms with Crippen molar-refractivity contribution in [2.24, 2.45) is 0 Å². The van der Waals surface area contributed by atoms with Gasteiger partial charge in [-0.15, -0.1) is 0 Å². The van der Waals surface area contributed by atoms with Gasteiger partial charge in [-0.1, -0.05) is 0 Å². The Morgan fingerprint density at radius 1 is 1.14 bits per heavy atom. The van der Waals surface area contributed by atoms with Crippen LogP contribution in [0.5, 0.6) is 11.5 Å². The number of fused-ring (bicyclic) bond motifs is 1. The lowest BCUT2D eigenvalue weighted by Crippen LogP contribution is -2.01. The van der Waals surface area contributed by atoms with E-state index in [1.807, 2.05) is 0 Å². The van der Waals surface area contributed by atoms with E-state index in [1.165, 1.54) is 12.1 Å². The standard InChI is InChI=1S/C16H10Br2O4/c1-21-13-5-3-9-12(20)7-14(22-16(9)15(13)18)8-2-4-11(19)10(17)6-8/h2-7,19H,1H3. The van der Waals surface area contributed by atoms with E-state index in [0.29, 0.717) is 37.0 Å². The zero-order valence-electron chi connectivity index (χ0n) is 11.4. The molecule has 0 saturated carbocycles. The van der Waals surface area contributed by atoms with Gasteiger partial charge in [0.15, 0.2) is 11.0 Å². The van der Waals surface area contributed by atoms with Gasteiger partial charge in [-0.2, -0.15) is 0 Å². The molecule has 6 heteroatoms. The van der Waals surface area contributed by atoms with Crippen molar-refractivity contribution in [1.82, 2.24) is 0 Å². The summed E-state index contributed by atoms with van der Waals surface area (Å²) in [5, 5.41) is 10.0.